The van der Waals surface area contributed by atoms with E-state index in [0.717, 1.165) is 33.4 Å². The fourth-order valence-corrected chi connectivity index (χ4v) is 5.43. The van der Waals surface area contributed by atoms with E-state index in [-0.39, 0.29) is 0 Å². The summed E-state index contributed by atoms with van der Waals surface area (Å²) in [6.07, 6.45) is 1.53. The SMILES string of the molecule is COc1cc2c(c(OC)c1OC)Cc1cc(OC)c(OC)c(OC)c1Cc1cc(OC)c(OC)c(OC)c1C2. The molecule has 4 rings (SSSR count). The first-order valence-electron chi connectivity index (χ1n) is 12.4. The fourth-order valence-electron chi connectivity index (χ4n) is 5.43. The Bertz CT molecular complexity index is 1200. The summed E-state index contributed by atoms with van der Waals surface area (Å²) in [5, 5.41) is 0. The Morgan fingerprint density at radius 2 is 0.564 bits per heavy atom. The first-order valence-corrected chi connectivity index (χ1v) is 12.4. The van der Waals surface area contributed by atoms with Crippen molar-refractivity contribution in [3.8, 4) is 51.7 Å². The number of hydrogen-bond acceptors (Lipinski definition) is 9. The molecule has 0 N–H and O–H groups in total. The minimum atomic E-state index is 0.509. The van der Waals surface area contributed by atoms with Gasteiger partial charge in [0.15, 0.2) is 34.5 Å². The molecule has 0 bridgehead atoms. The van der Waals surface area contributed by atoms with E-state index in [1.54, 1.807) is 64.0 Å². The third-order valence-corrected chi connectivity index (χ3v) is 7.18. The van der Waals surface area contributed by atoms with Crippen LogP contribution in [-0.4, -0.2) is 64.0 Å². The lowest BCUT2D eigenvalue weighted by Crippen LogP contribution is -2.07. The summed E-state index contributed by atoms with van der Waals surface area (Å²) >= 11 is 0. The van der Waals surface area contributed by atoms with Crippen LogP contribution in [-0.2, 0) is 19.3 Å². The van der Waals surface area contributed by atoms with Crippen molar-refractivity contribution in [3.63, 3.8) is 0 Å². The van der Waals surface area contributed by atoms with Crippen LogP contribution in [0, 0.1) is 0 Å². The third kappa shape index (κ3) is 4.66. The summed E-state index contributed by atoms with van der Waals surface area (Å²) in [6, 6.07) is 5.96. The molecule has 0 amide bonds. The minimum Gasteiger partial charge on any atom is -0.493 e. The number of ether oxygens (including phenoxy) is 9. The first-order chi connectivity index (χ1) is 18.9. The van der Waals surface area contributed by atoms with E-state index >= 15 is 0 Å². The highest BCUT2D eigenvalue weighted by molar-refractivity contribution is 5.68. The molecule has 0 unspecified atom stereocenters. The lowest BCUT2D eigenvalue weighted by Gasteiger charge is -2.22. The molecule has 0 atom stereocenters. The van der Waals surface area contributed by atoms with Crippen molar-refractivity contribution in [1.82, 2.24) is 0 Å². The summed E-state index contributed by atoms with van der Waals surface area (Å²) in [6.45, 7) is 0. The maximum atomic E-state index is 5.95. The number of methoxy groups -OCH3 is 9. The first kappa shape index (κ1) is 27.9. The van der Waals surface area contributed by atoms with Gasteiger partial charge in [0.05, 0.1) is 64.0 Å². The van der Waals surface area contributed by atoms with E-state index in [1.165, 1.54) is 0 Å². The molecule has 0 aliphatic heterocycles. The van der Waals surface area contributed by atoms with Gasteiger partial charge in [0.25, 0.3) is 0 Å². The molecule has 1 aliphatic rings. The van der Waals surface area contributed by atoms with E-state index < -0.39 is 0 Å². The van der Waals surface area contributed by atoms with Gasteiger partial charge in [0.1, 0.15) is 0 Å². The van der Waals surface area contributed by atoms with Crippen molar-refractivity contribution in [3.05, 3.63) is 51.6 Å². The summed E-state index contributed by atoms with van der Waals surface area (Å²) in [7, 11) is 14.5. The minimum absolute atomic E-state index is 0.509. The Hall–Kier alpha value is -4.14. The Kier molecular flexibility index (Phi) is 8.38. The molecule has 9 nitrogen and oxygen atoms in total. The standard InChI is InChI=1S/C30H36O9/c1-31-22-13-16-10-20-18(15-24(33-3)29(38-8)26(20)35-5)12-21-17(11-19(16)25(34-4)28(22)37-7)14-23(32-2)30(39-9)27(21)36-6/h13-15H,10-12H2,1-9H3. The van der Waals surface area contributed by atoms with Crippen LogP contribution in [0.3, 0.4) is 0 Å². The van der Waals surface area contributed by atoms with Crippen molar-refractivity contribution >= 4 is 0 Å². The van der Waals surface area contributed by atoms with Gasteiger partial charge in [0.2, 0.25) is 17.2 Å². The predicted octanol–water partition coefficient (Wildman–Crippen LogP) is 4.85. The molecule has 0 fully saturated rings. The van der Waals surface area contributed by atoms with Gasteiger partial charge < -0.3 is 42.6 Å². The van der Waals surface area contributed by atoms with E-state index in [2.05, 4.69) is 0 Å². The molecule has 39 heavy (non-hydrogen) atoms. The van der Waals surface area contributed by atoms with Crippen LogP contribution >= 0.6 is 0 Å². The van der Waals surface area contributed by atoms with Crippen molar-refractivity contribution < 1.29 is 42.6 Å². The molecular formula is C30H36O9. The van der Waals surface area contributed by atoms with Crippen LogP contribution in [0.1, 0.15) is 33.4 Å². The number of hydrogen-bond donors (Lipinski definition) is 0. The van der Waals surface area contributed by atoms with Crippen LogP contribution < -0.4 is 42.6 Å². The van der Waals surface area contributed by atoms with Gasteiger partial charge >= 0.3 is 0 Å². The molecule has 0 radical (unpaired) electrons. The number of rotatable bonds is 9. The Morgan fingerprint density at radius 1 is 0.333 bits per heavy atom. The zero-order valence-electron chi connectivity index (χ0n) is 24.0. The quantitative estimate of drug-likeness (QED) is 0.296. The zero-order valence-corrected chi connectivity index (χ0v) is 24.0. The molecule has 0 heterocycles. The van der Waals surface area contributed by atoms with Gasteiger partial charge in [-0.2, -0.15) is 0 Å². The Labute approximate surface area is 229 Å². The van der Waals surface area contributed by atoms with Gasteiger partial charge in [0, 0.05) is 36.0 Å². The second-order valence-electron chi connectivity index (χ2n) is 8.88. The number of fused-ring (bicyclic) bond motifs is 3. The van der Waals surface area contributed by atoms with Crippen molar-refractivity contribution in [2.75, 3.05) is 64.0 Å². The topological polar surface area (TPSA) is 83.1 Å². The molecular weight excluding hydrogens is 504 g/mol. The Morgan fingerprint density at radius 3 is 0.744 bits per heavy atom. The molecule has 9 heteroatoms. The maximum Gasteiger partial charge on any atom is 0.203 e. The van der Waals surface area contributed by atoms with Gasteiger partial charge in [-0.05, 0) is 34.9 Å². The average molecular weight is 541 g/mol. The average Bonchev–Trinajstić information content (AvgIpc) is 3.03. The molecule has 0 aromatic heterocycles. The lowest BCUT2D eigenvalue weighted by molar-refractivity contribution is 0.320. The van der Waals surface area contributed by atoms with Crippen LogP contribution in [0.25, 0.3) is 0 Å². The second-order valence-corrected chi connectivity index (χ2v) is 8.88. The van der Waals surface area contributed by atoms with E-state index in [0.29, 0.717) is 71.0 Å². The van der Waals surface area contributed by atoms with Gasteiger partial charge in [-0.15, -0.1) is 0 Å². The molecule has 3 aromatic rings. The normalized spacial score (nSPS) is 11.9. The number of benzene rings is 3. The van der Waals surface area contributed by atoms with Crippen molar-refractivity contribution in [2.24, 2.45) is 0 Å². The van der Waals surface area contributed by atoms with Gasteiger partial charge in [-0.3, -0.25) is 0 Å². The maximum absolute atomic E-state index is 5.95. The zero-order chi connectivity index (χ0) is 28.3. The molecule has 210 valence electrons. The fraction of sp³-hybridized carbons (Fsp3) is 0.400. The van der Waals surface area contributed by atoms with E-state index in [9.17, 15) is 0 Å². The lowest BCUT2D eigenvalue weighted by atomic mass is 9.92. The van der Waals surface area contributed by atoms with Gasteiger partial charge in [-0.1, -0.05) is 0 Å². The van der Waals surface area contributed by atoms with Crippen molar-refractivity contribution in [2.45, 2.75) is 19.3 Å². The predicted molar refractivity (Wildman–Crippen MR) is 147 cm³/mol. The summed E-state index contributed by atoms with van der Waals surface area (Å²) < 4.78 is 52.2. The molecule has 0 saturated carbocycles. The summed E-state index contributed by atoms with van der Waals surface area (Å²) in [5.41, 5.74) is 5.77. The molecule has 3 aromatic carbocycles. The summed E-state index contributed by atoms with van der Waals surface area (Å²) in [5.74, 6) is 5.04. The monoisotopic (exact) mass is 540 g/mol. The summed E-state index contributed by atoms with van der Waals surface area (Å²) in [4.78, 5) is 0. The van der Waals surface area contributed by atoms with Crippen LogP contribution in [0.5, 0.6) is 51.7 Å². The van der Waals surface area contributed by atoms with Crippen molar-refractivity contribution in [1.29, 1.82) is 0 Å². The highest BCUT2D eigenvalue weighted by Gasteiger charge is 2.30. The highest BCUT2D eigenvalue weighted by Crippen LogP contribution is 2.51. The molecule has 1 aliphatic carbocycles. The van der Waals surface area contributed by atoms with Crippen LogP contribution in [0.4, 0.5) is 0 Å². The smallest absolute Gasteiger partial charge is 0.203 e. The largest absolute Gasteiger partial charge is 0.493 e. The molecule has 0 saturated heterocycles. The van der Waals surface area contributed by atoms with Crippen LogP contribution in [0.2, 0.25) is 0 Å². The molecule has 0 spiro atoms. The Balaban J connectivity index is 2.18. The van der Waals surface area contributed by atoms with E-state index in [4.69, 9.17) is 42.6 Å². The van der Waals surface area contributed by atoms with Crippen LogP contribution in [0.15, 0.2) is 18.2 Å². The second kappa shape index (κ2) is 11.7. The van der Waals surface area contributed by atoms with Gasteiger partial charge in [-0.25, -0.2) is 0 Å². The van der Waals surface area contributed by atoms with E-state index in [1.807, 2.05) is 18.2 Å². The third-order valence-electron chi connectivity index (χ3n) is 7.18. The highest BCUT2D eigenvalue weighted by atomic mass is 16.5.